The first-order chi connectivity index (χ1) is 15.4. The number of nitrogens with zero attached hydrogens (tertiary/aromatic N) is 2. The van der Waals surface area contributed by atoms with E-state index in [-0.39, 0.29) is 88.8 Å². The molecule has 2 heterocycles. The molecule has 2 aliphatic rings. The van der Waals surface area contributed by atoms with Gasteiger partial charge >= 0.3 is 37.0 Å². The average Bonchev–Trinajstić information content (AvgIpc) is 3.07. The van der Waals surface area contributed by atoms with E-state index in [2.05, 4.69) is 5.32 Å². The molecule has 3 N–H and O–H groups in total. The predicted molar refractivity (Wildman–Crippen MR) is 120 cm³/mol. The number of halogens is 2. The minimum atomic E-state index is -4.80. The summed E-state index contributed by atoms with van der Waals surface area (Å²) in [5.41, 5.74) is -1.62. The van der Waals surface area contributed by atoms with Gasteiger partial charge in [-0.25, -0.2) is 18.1 Å². The fraction of sp³-hybridized carbons (Fsp3) is 0.579. The molecule has 2 amide bonds. The molecule has 0 aliphatic carbocycles. The number of piperidine rings is 1. The first-order valence-electron chi connectivity index (χ1n) is 10.1. The summed E-state index contributed by atoms with van der Waals surface area (Å²) in [5.74, 6) is -2.11. The summed E-state index contributed by atoms with van der Waals surface area (Å²) in [6.45, 7) is 1.43. The van der Waals surface area contributed by atoms with Crippen molar-refractivity contribution >= 4 is 54.3 Å². The van der Waals surface area contributed by atoms with Crippen molar-refractivity contribution in [3.05, 3.63) is 23.8 Å². The Bertz CT molecular complexity index is 946. The first kappa shape index (κ1) is 28.7. The van der Waals surface area contributed by atoms with Gasteiger partial charge in [0.1, 0.15) is 17.4 Å². The Morgan fingerprint density at radius 2 is 1.91 bits per heavy atom. The van der Waals surface area contributed by atoms with Gasteiger partial charge in [0, 0.05) is 39.3 Å². The van der Waals surface area contributed by atoms with Gasteiger partial charge in [-0.15, -0.1) is 0 Å². The van der Waals surface area contributed by atoms with Crippen LogP contribution in [-0.2, 0) is 23.4 Å². The molecule has 3 rings (SSSR count). The maximum absolute atomic E-state index is 14.9. The molecule has 34 heavy (non-hydrogen) atoms. The maximum Gasteiger partial charge on any atom is 2.00 e. The Hall–Kier alpha value is -1.54. The van der Waals surface area contributed by atoms with Crippen LogP contribution in [0.4, 0.5) is 25.0 Å². The largest absolute Gasteiger partial charge is 2.00 e. The quantitative estimate of drug-likeness (QED) is 0.343. The number of benzene rings is 1. The molecule has 11 nitrogen and oxygen atoms in total. The van der Waals surface area contributed by atoms with Crippen molar-refractivity contribution in [2.24, 2.45) is 0 Å². The van der Waals surface area contributed by atoms with Crippen LogP contribution in [0.25, 0.3) is 0 Å². The topological polar surface area (TPSA) is 138 Å². The van der Waals surface area contributed by atoms with Gasteiger partial charge in [-0.05, 0) is 12.8 Å². The van der Waals surface area contributed by atoms with Crippen molar-refractivity contribution in [1.82, 2.24) is 5.32 Å². The third-order valence-electron chi connectivity index (χ3n) is 5.48. The summed E-state index contributed by atoms with van der Waals surface area (Å²) in [6, 6.07) is 2.03. The van der Waals surface area contributed by atoms with Crippen LogP contribution in [0.3, 0.4) is 0 Å². The number of methoxy groups -OCH3 is 1. The smallest absolute Gasteiger partial charge is 1.00 e. The van der Waals surface area contributed by atoms with Gasteiger partial charge in [-0.2, -0.15) is 0 Å². The van der Waals surface area contributed by atoms with E-state index in [0.717, 1.165) is 17.0 Å². The molecule has 0 saturated carbocycles. The van der Waals surface area contributed by atoms with Crippen LogP contribution >= 0.6 is 7.82 Å². The van der Waals surface area contributed by atoms with Crippen LogP contribution in [-0.4, -0.2) is 96.4 Å². The summed E-state index contributed by atoms with van der Waals surface area (Å²) in [5, 5.41) is 2.52. The van der Waals surface area contributed by atoms with Gasteiger partial charge in [0.15, 0.2) is 11.6 Å². The third-order valence-corrected chi connectivity index (χ3v) is 6.10. The van der Waals surface area contributed by atoms with Crippen LogP contribution < -0.4 is 15.1 Å². The van der Waals surface area contributed by atoms with Crippen molar-refractivity contribution < 1.29 is 49.6 Å². The fourth-order valence-corrected chi connectivity index (χ4v) is 4.76. The number of cyclic esters (lactones) is 1. The van der Waals surface area contributed by atoms with E-state index in [0.29, 0.717) is 0 Å². The number of phosphoric ester groups is 1. The zero-order chi connectivity index (χ0) is 24.4. The second-order valence-electron chi connectivity index (χ2n) is 8.00. The Morgan fingerprint density at radius 3 is 2.41 bits per heavy atom. The van der Waals surface area contributed by atoms with Crippen molar-refractivity contribution in [3.63, 3.8) is 0 Å². The average molecular weight is 520 g/mol. The zero-order valence-corrected chi connectivity index (χ0v) is 21.1. The van der Waals surface area contributed by atoms with Crippen LogP contribution in [0.15, 0.2) is 12.1 Å². The number of ether oxygens (including phenoxy) is 2. The van der Waals surface area contributed by atoms with E-state index in [9.17, 15) is 32.7 Å². The second-order valence-corrected chi connectivity index (χ2v) is 9.16. The predicted octanol–water partition coefficient (Wildman–Crippen LogP) is 1.36. The maximum atomic E-state index is 14.9. The van der Waals surface area contributed by atoms with E-state index < -0.39 is 37.3 Å². The molecule has 1 aromatic rings. The molecular formula is C19H28F2MgN3O8P. The fourth-order valence-electron chi connectivity index (χ4n) is 4.02. The van der Waals surface area contributed by atoms with Crippen LogP contribution in [0, 0.1) is 11.6 Å². The summed E-state index contributed by atoms with van der Waals surface area (Å²) in [4.78, 5) is 44.1. The van der Waals surface area contributed by atoms with Crippen molar-refractivity contribution in [2.45, 2.75) is 31.5 Å². The summed E-state index contributed by atoms with van der Waals surface area (Å²) < 4.78 is 56.3. The first-order valence-corrected chi connectivity index (χ1v) is 11.7. The van der Waals surface area contributed by atoms with E-state index in [4.69, 9.17) is 14.0 Å². The molecular weight excluding hydrogens is 491 g/mol. The van der Waals surface area contributed by atoms with Crippen LogP contribution in [0.1, 0.15) is 22.6 Å². The number of anilines is 2. The molecule has 0 radical (unpaired) electrons. The monoisotopic (exact) mass is 519 g/mol. The number of rotatable bonds is 8. The third kappa shape index (κ3) is 7.00. The number of phosphoric acid groups is 1. The number of nitrogens with one attached hydrogen (secondary N) is 1. The van der Waals surface area contributed by atoms with E-state index in [1.807, 2.05) is 0 Å². The molecule has 0 unspecified atom stereocenters. The Balaban J connectivity index is 0.00000408. The number of hydrogen-bond donors (Lipinski definition) is 3. The summed E-state index contributed by atoms with van der Waals surface area (Å²) in [7, 11) is -3.44. The van der Waals surface area contributed by atoms with Crippen molar-refractivity contribution in [2.75, 3.05) is 49.7 Å². The standard InChI is InChI=1S/C19H26F2N3O8P.Mg.2H/c1-12(25)22-9-14-10-24(18(26)31-14)13-7-15(20)17(16(21)8-13)23-5-3-19(4-6-23,11-30-2)32-33(27,28)29;;;/h7-8,14H,3-6,9-11H2,1-2H3,(H,22,25)(H2,27,28,29);;;/q;+2;2*-1/t14-;;;/m0.../s1. The Kier molecular flexibility index (Phi) is 9.67. The molecule has 0 aromatic heterocycles. The van der Waals surface area contributed by atoms with Gasteiger partial charge < -0.3 is 32.3 Å². The van der Waals surface area contributed by atoms with Gasteiger partial charge in [0.25, 0.3) is 0 Å². The molecule has 2 aliphatic heterocycles. The van der Waals surface area contributed by atoms with Gasteiger partial charge in [0.2, 0.25) is 5.91 Å². The van der Waals surface area contributed by atoms with Gasteiger partial charge in [0.05, 0.1) is 25.4 Å². The molecule has 1 aromatic carbocycles. The normalized spacial score (nSPS) is 20.1. The van der Waals surface area contributed by atoms with Crippen LogP contribution in [0.2, 0.25) is 0 Å². The van der Waals surface area contributed by atoms with Crippen molar-refractivity contribution in [3.8, 4) is 0 Å². The number of hydrogen-bond acceptors (Lipinski definition) is 7. The Labute approximate surface area is 214 Å². The van der Waals surface area contributed by atoms with Gasteiger partial charge in [-0.3, -0.25) is 14.2 Å². The summed E-state index contributed by atoms with van der Waals surface area (Å²) in [6.07, 6.45) is -1.31. The second kappa shape index (κ2) is 11.5. The minimum Gasteiger partial charge on any atom is -1.00 e. The van der Waals surface area contributed by atoms with E-state index in [1.165, 1.54) is 18.9 Å². The Morgan fingerprint density at radius 1 is 1.32 bits per heavy atom. The van der Waals surface area contributed by atoms with E-state index in [1.54, 1.807) is 0 Å². The molecule has 0 bridgehead atoms. The molecule has 188 valence electrons. The minimum absolute atomic E-state index is 0. The molecule has 0 spiro atoms. The molecule has 2 fully saturated rings. The van der Waals surface area contributed by atoms with E-state index >= 15 is 0 Å². The SMILES string of the molecule is COCC1(OP(=O)(O)O)CCN(c2c(F)cc(N3C[C@H](CNC(C)=O)OC3=O)cc2F)CC1.[H-].[H-].[Mg+2]. The van der Waals surface area contributed by atoms with Gasteiger partial charge in [-0.1, -0.05) is 0 Å². The zero-order valence-electron chi connectivity index (χ0n) is 20.8. The van der Waals surface area contributed by atoms with Crippen LogP contribution in [0.5, 0.6) is 0 Å². The molecule has 1 atom stereocenters. The number of carbonyl (C=O) groups excluding carboxylic acids is 2. The molecule has 2 saturated heterocycles. The summed E-state index contributed by atoms with van der Waals surface area (Å²) >= 11 is 0. The molecule has 15 heteroatoms. The number of amides is 2. The van der Waals surface area contributed by atoms with Crippen molar-refractivity contribution in [1.29, 1.82) is 0 Å². The number of carbonyl (C=O) groups is 2.